The summed E-state index contributed by atoms with van der Waals surface area (Å²) in [6.07, 6.45) is 9.99. The predicted molar refractivity (Wildman–Crippen MR) is 288 cm³/mol. The van der Waals surface area contributed by atoms with Gasteiger partial charge in [0.2, 0.25) is 0 Å². The predicted octanol–water partition coefficient (Wildman–Crippen LogP) is 15.6. The van der Waals surface area contributed by atoms with Gasteiger partial charge in [-0.2, -0.15) is 0 Å². The van der Waals surface area contributed by atoms with Crippen molar-refractivity contribution < 1.29 is 0 Å². The van der Waals surface area contributed by atoms with Gasteiger partial charge < -0.3 is 14.0 Å². The van der Waals surface area contributed by atoms with Gasteiger partial charge in [0.05, 0.1) is 27.6 Å². The topological polar surface area (TPSA) is 49.3 Å². The molecule has 0 saturated carbocycles. The van der Waals surface area contributed by atoms with Crippen LogP contribution in [-0.4, -0.2) is 38.3 Å². The first-order valence-corrected chi connectivity index (χ1v) is 23.8. The molecule has 1 N–H and O–H groups in total. The molecular weight excluding hydrogens is 827 g/mol. The van der Waals surface area contributed by atoms with Crippen LogP contribution in [0.1, 0.15) is 42.9 Å². The monoisotopic (exact) mass is 877 g/mol. The first-order valence-electron chi connectivity index (χ1n) is 23.8. The Morgan fingerprint density at radius 1 is 0.588 bits per heavy atom. The van der Waals surface area contributed by atoms with Crippen LogP contribution >= 0.6 is 0 Å². The Morgan fingerprint density at radius 2 is 1.22 bits per heavy atom. The van der Waals surface area contributed by atoms with Gasteiger partial charge in [-0.1, -0.05) is 182 Å². The molecule has 0 aliphatic heterocycles. The molecule has 328 valence electrons. The summed E-state index contributed by atoms with van der Waals surface area (Å²) in [7, 11) is 2.18. The first kappa shape index (κ1) is 41.2. The molecule has 5 nitrogen and oxygen atoms in total. The molecule has 2 heterocycles. The summed E-state index contributed by atoms with van der Waals surface area (Å²) >= 11 is 0. The minimum absolute atomic E-state index is 0.237. The zero-order valence-corrected chi connectivity index (χ0v) is 38.3. The van der Waals surface area contributed by atoms with Crippen molar-refractivity contribution in [3.63, 3.8) is 0 Å². The molecule has 68 heavy (non-hydrogen) atoms. The normalized spacial score (nSPS) is 16.5. The SMILES string of the molecule is CN(/C(=N\C(=N)c1ccccc1)c1ccc2c3ccccc3n(-c3ccccc3)c2c1)[C@]1(C)C=CCC1CC/C=C(\c1ccccc1)n1c2cc3ccccc3cc2c2c3ccccc3ccc21. The lowest BCUT2D eigenvalue weighted by molar-refractivity contribution is 0.199. The highest BCUT2D eigenvalue weighted by molar-refractivity contribution is 6.24. The lowest BCUT2D eigenvalue weighted by atomic mass is 9.83. The molecule has 1 aliphatic carbocycles. The van der Waals surface area contributed by atoms with E-state index in [1.807, 2.05) is 30.3 Å². The minimum atomic E-state index is -0.387. The van der Waals surface area contributed by atoms with Crippen LogP contribution in [0, 0.1) is 11.3 Å². The third-order valence-electron chi connectivity index (χ3n) is 14.6. The van der Waals surface area contributed by atoms with Crippen molar-refractivity contribution in [1.82, 2.24) is 14.0 Å². The fourth-order valence-electron chi connectivity index (χ4n) is 11.0. The maximum Gasteiger partial charge on any atom is 0.154 e. The third kappa shape index (κ3) is 6.93. The van der Waals surface area contributed by atoms with Crippen LogP contribution in [0.4, 0.5) is 0 Å². The second kappa shape index (κ2) is 16.9. The smallest absolute Gasteiger partial charge is 0.154 e. The number of likely N-dealkylation sites (N-methyl/N-ethyl adjacent to an activating group) is 1. The van der Waals surface area contributed by atoms with Crippen molar-refractivity contribution in [2.45, 2.75) is 31.7 Å². The van der Waals surface area contributed by atoms with Crippen LogP contribution in [0.25, 0.3) is 76.5 Å². The van der Waals surface area contributed by atoms with Gasteiger partial charge in [-0.05, 0) is 102 Å². The van der Waals surface area contributed by atoms with E-state index >= 15 is 0 Å². The molecule has 0 bridgehead atoms. The van der Waals surface area contributed by atoms with E-state index < -0.39 is 0 Å². The molecule has 2 aromatic heterocycles. The molecule has 0 spiro atoms. The van der Waals surface area contributed by atoms with Crippen LogP contribution < -0.4 is 0 Å². The lowest BCUT2D eigenvalue weighted by Crippen LogP contribution is -2.50. The van der Waals surface area contributed by atoms with Crippen molar-refractivity contribution in [2.75, 3.05) is 7.05 Å². The van der Waals surface area contributed by atoms with Crippen LogP contribution in [0.3, 0.4) is 0 Å². The number of nitrogens with one attached hydrogen (secondary N) is 1. The van der Waals surface area contributed by atoms with Gasteiger partial charge in [-0.15, -0.1) is 0 Å². The number of hydrogen-bond donors (Lipinski definition) is 1. The molecule has 0 radical (unpaired) electrons. The Kier molecular flexibility index (Phi) is 10.2. The molecule has 0 saturated heterocycles. The second-order valence-electron chi connectivity index (χ2n) is 18.5. The number of benzene rings is 9. The highest BCUT2D eigenvalue weighted by atomic mass is 15.2. The summed E-state index contributed by atoms with van der Waals surface area (Å²) in [5.74, 6) is 1.29. The molecular formula is C63H51N5. The van der Waals surface area contributed by atoms with Crippen molar-refractivity contribution in [3.05, 3.63) is 241 Å². The van der Waals surface area contributed by atoms with E-state index in [-0.39, 0.29) is 17.3 Å². The number of aliphatic imine (C=N–C) groups is 1. The van der Waals surface area contributed by atoms with E-state index in [1.54, 1.807) is 0 Å². The molecule has 1 unspecified atom stereocenters. The quantitative estimate of drug-likeness (QED) is 0.0876. The number of aromatic nitrogens is 2. The summed E-state index contributed by atoms with van der Waals surface area (Å²) in [6, 6.07) is 73.6. The molecule has 2 atom stereocenters. The van der Waals surface area contributed by atoms with Gasteiger partial charge in [0, 0.05) is 51.1 Å². The van der Waals surface area contributed by atoms with E-state index in [0.717, 1.165) is 52.9 Å². The van der Waals surface area contributed by atoms with E-state index in [4.69, 9.17) is 4.99 Å². The van der Waals surface area contributed by atoms with E-state index in [1.165, 1.54) is 65.4 Å². The molecule has 1 aliphatic rings. The summed E-state index contributed by atoms with van der Waals surface area (Å²) < 4.78 is 4.87. The van der Waals surface area contributed by atoms with Gasteiger partial charge in [0.25, 0.3) is 0 Å². The van der Waals surface area contributed by atoms with Gasteiger partial charge in [0.15, 0.2) is 5.84 Å². The maximum absolute atomic E-state index is 9.38. The van der Waals surface area contributed by atoms with Gasteiger partial charge in [-0.25, -0.2) is 4.99 Å². The Labute approximate surface area is 396 Å². The van der Waals surface area contributed by atoms with E-state index in [2.05, 4.69) is 222 Å². The standard InChI is InChI=1S/C63H51N5/c1-63(66(2)62(65-61(64)45-23-8-4-9-24-45)48-35-37-53-52-32-16-17-33-56(52)67(58(53)42-48)50-29-10-5-11-30-50)39-19-28-49(63)27-18-34-55(44-21-6-3-7-22-44)68-57-38-36-43-20-14-15-31-51(43)60(57)54-40-46-25-12-13-26-47(46)41-59(54)68/h3-17,19-26,29-42,49,64H,18,27-28H2,1-2H3/b55-34+,64-61?,65-62-/t49?,63-/m1/s1. The number of hydrogen-bond acceptors (Lipinski definition) is 1. The van der Waals surface area contributed by atoms with E-state index in [0.29, 0.717) is 0 Å². The number of amidine groups is 2. The summed E-state index contributed by atoms with van der Waals surface area (Å²) in [4.78, 5) is 7.60. The highest BCUT2D eigenvalue weighted by Gasteiger charge is 2.40. The first-order chi connectivity index (χ1) is 33.4. The van der Waals surface area contributed by atoms with Crippen molar-refractivity contribution in [1.29, 1.82) is 5.41 Å². The average Bonchev–Trinajstić information content (AvgIpc) is 4.05. The molecule has 12 rings (SSSR count). The van der Waals surface area contributed by atoms with Crippen LogP contribution in [0.2, 0.25) is 0 Å². The molecule has 0 amide bonds. The number of fused-ring (bicyclic) bond motifs is 9. The minimum Gasteiger partial charge on any atom is -0.350 e. The zero-order chi connectivity index (χ0) is 45.8. The van der Waals surface area contributed by atoms with Crippen LogP contribution in [0.15, 0.2) is 229 Å². The van der Waals surface area contributed by atoms with E-state index in [9.17, 15) is 5.41 Å². The Bertz CT molecular complexity index is 3820. The van der Waals surface area contributed by atoms with Crippen LogP contribution in [-0.2, 0) is 0 Å². The summed E-state index contributed by atoms with van der Waals surface area (Å²) in [5, 5.41) is 19.3. The van der Waals surface area contributed by atoms with Crippen LogP contribution in [0.5, 0.6) is 0 Å². The number of rotatable bonds is 9. The van der Waals surface area contributed by atoms with Crippen molar-refractivity contribution in [3.8, 4) is 5.69 Å². The Hall–Kier alpha value is -8.28. The zero-order valence-electron chi connectivity index (χ0n) is 38.3. The highest BCUT2D eigenvalue weighted by Crippen LogP contribution is 2.42. The third-order valence-corrected chi connectivity index (χ3v) is 14.6. The average molecular weight is 878 g/mol. The fourth-order valence-corrected chi connectivity index (χ4v) is 11.0. The largest absolute Gasteiger partial charge is 0.350 e. The lowest BCUT2D eigenvalue weighted by Gasteiger charge is -2.42. The molecule has 0 fully saturated rings. The van der Waals surface area contributed by atoms with Crippen molar-refractivity contribution >= 4 is 82.5 Å². The van der Waals surface area contributed by atoms with Crippen molar-refractivity contribution in [2.24, 2.45) is 10.9 Å². The molecule has 5 heteroatoms. The van der Waals surface area contributed by atoms with Gasteiger partial charge in [0.1, 0.15) is 5.84 Å². The van der Waals surface area contributed by atoms with Gasteiger partial charge in [-0.3, -0.25) is 5.41 Å². The fraction of sp³-hybridized carbons (Fsp3) is 0.111. The second-order valence-corrected chi connectivity index (χ2v) is 18.5. The van der Waals surface area contributed by atoms with Gasteiger partial charge >= 0.3 is 0 Å². The molecule has 11 aromatic rings. The molecule has 9 aromatic carbocycles. The number of allylic oxidation sites excluding steroid dienone is 2. The summed E-state index contributed by atoms with van der Waals surface area (Å²) in [6.45, 7) is 2.35. The maximum atomic E-state index is 9.38. The number of nitrogens with zero attached hydrogens (tertiary/aromatic N) is 4. The Balaban J connectivity index is 0.955. The number of para-hydroxylation sites is 2. The Morgan fingerprint density at radius 3 is 1.99 bits per heavy atom. The summed E-state index contributed by atoms with van der Waals surface area (Å²) in [5.41, 5.74) is 9.54.